The lowest BCUT2D eigenvalue weighted by Crippen LogP contribution is -2.41. The van der Waals surface area contributed by atoms with Crippen molar-refractivity contribution in [2.75, 3.05) is 0 Å². The summed E-state index contributed by atoms with van der Waals surface area (Å²) in [7, 11) is 0. The molecule has 0 aromatic rings. The minimum absolute atomic E-state index is 0.00993. The van der Waals surface area contributed by atoms with E-state index in [0.29, 0.717) is 0 Å². The first kappa shape index (κ1) is 33.8. The third kappa shape index (κ3) is 8.45. The van der Waals surface area contributed by atoms with Crippen molar-refractivity contribution < 1.29 is 9.84 Å². The van der Waals surface area contributed by atoms with E-state index < -0.39 is 0 Å². The smallest absolute Gasteiger partial charge is 0.121 e. The van der Waals surface area contributed by atoms with Crippen LogP contribution in [-0.4, -0.2) is 22.4 Å². The van der Waals surface area contributed by atoms with Crippen LogP contribution in [0.25, 0.3) is 0 Å². The van der Waals surface area contributed by atoms with E-state index in [9.17, 15) is 5.11 Å². The van der Waals surface area contributed by atoms with Crippen molar-refractivity contribution in [3.8, 4) is 0 Å². The highest BCUT2D eigenvalue weighted by molar-refractivity contribution is 5.39. The molecule has 0 aromatic heterocycles. The van der Waals surface area contributed by atoms with E-state index in [0.717, 1.165) is 19.3 Å². The zero-order valence-electron chi connectivity index (χ0n) is 28.1. The van der Waals surface area contributed by atoms with Crippen molar-refractivity contribution in [3.63, 3.8) is 0 Å². The number of fused-ring (bicyclic) bond motifs is 1. The molecule has 3 unspecified atom stereocenters. The number of epoxide rings is 1. The van der Waals surface area contributed by atoms with Crippen molar-refractivity contribution in [1.82, 2.24) is 0 Å². The van der Waals surface area contributed by atoms with Gasteiger partial charge in [0.1, 0.15) is 5.60 Å². The standard InChI is InChI=1S/C40H56O2/c1-30(18-13-20-32(3)22-23-36-34(5)28-35(41)29-37(36,6)7)16-11-12-17-31(2)19-14-21-33(4)24-27-40-38(8,9)25-15-26-39(40,10)42-40/h11-14,16-24,27,35,41H,15,25-26,28-29H2,1-10H3/b12-11+,18-13+,19-14+,23-22+,27-24+,30-16+,31-17+,32-20+,33-21+. The summed E-state index contributed by atoms with van der Waals surface area (Å²) in [5, 5.41) is 10.1. The Morgan fingerprint density at radius 1 is 0.738 bits per heavy atom. The molecular formula is C40H56O2. The van der Waals surface area contributed by atoms with Crippen molar-refractivity contribution in [2.24, 2.45) is 10.8 Å². The van der Waals surface area contributed by atoms with Crippen LogP contribution >= 0.6 is 0 Å². The van der Waals surface area contributed by atoms with Gasteiger partial charge in [0.2, 0.25) is 0 Å². The number of aliphatic hydroxyl groups is 1. The minimum atomic E-state index is -0.223. The Hall–Kier alpha value is -2.68. The number of aliphatic hydroxyl groups excluding tert-OH is 1. The third-order valence-electron chi connectivity index (χ3n) is 9.43. The Balaban J connectivity index is 1.49. The zero-order chi connectivity index (χ0) is 31.2. The van der Waals surface area contributed by atoms with Gasteiger partial charge in [0.05, 0.1) is 11.7 Å². The Kier molecular flexibility index (Phi) is 11.1. The highest BCUT2D eigenvalue weighted by atomic mass is 16.6. The monoisotopic (exact) mass is 568 g/mol. The molecule has 3 atom stereocenters. The zero-order valence-corrected chi connectivity index (χ0v) is 28.1. The maximum Gasteiger partial charge on any atom is 0.121 e. The van der Waals surface area contributed by atoms with Crippen LogP contribution in [-0.2, 0) is 4.74 Å². The molecular weight excluding hydrogens is 512 g/mol. The molecule has 0 bridgehead atoms. The molecule has 0 amide bonds. The summed E-state index contributed by atoms with van der Waals surface area (Å²) in [5.74, 6) is 0. The highest BCUT2D eigenvalue weighted by Gasteiger charge is 2.73. The molecule has 1 saturated carbocycles. The van der Waals surface area contributed by atoms with Gasteiger partial charge >= 0.3 is 0 Å². The number of ether oxygens (including phenoxy) is 1. The first-order valence-electron chi connectivity index (χ1n) is 15.8. The molecule has 1 N–H and O–H groups in total. The van der Waals surface area contributed by atoms with E-state index in [1.165, 1.54) is 46.3 Å². The molecule has 3 aliphatic rings. The van der Waals surface area contributed by atoms with Gasteiger partial charge in [-0.15, -0.1) is 0 Å². The second-order valence-corrected chi connectivity index (χ2v) is 14.4. The molecule has 2 heteroatoms. The van der Waals surface area contributed by atoms with E-state index in [2.05, 4.69) is 154 Å². The van der Waals surface area contributed by atoms with Gasteiger partial charge in [0.25, 0.3) is 0 Å². The minimum Gasteiger partial charge on any atom is -0.393 e. The molecule has 0 aromatic carbocycles. The predicted molar refractivity (Wildman–Crippen MR) is 182 cm³/mol. The first-order valence-corrected chi connectivity index (χ1v) is 15.8. The quantitative estimate of drug-likeness (QED) is 0.210. The topological polar surface area (TPSA) is 32.8 Å². The maximum absolute atomic E-state index is 10.1. The summed E-state index contributed by atoms with van der Waals surface area (Å²) < 4.78 is 6.34. The lowest BCUT2D eigenvalue weighted by atomic mass is 9.64. The Morgan fingerprint density at radius 3 is 1.81 bits per heavy atom. The second kappa shape index (κ2) is 13.7. The molecule has 1 saturated heterocycles. The summed E-state index contributed by atoms with van der Waals surface area (Å²) in [4.78, 5) is 0. The van der Waals surface area contributed by atoms with E-state index in [1.807, 2.05) is 0 Å². The van der Waals surface area contributed by atoms with Gasteiger partial charge in [0.15, 0.2) is 0 Å². The van der Waals surface area contributed by atoms with Gasteiger partial charge in [-0.2, -0.15) is 0 Å². The first-order chi connectivity index (χ1) is 19.6. The molecule has 3 rings (SSSR count). The molecule has 1 heterocycles. The summed E-state index contributed by atoms with van der Waals surface area (Å²) in [6, 6.07) is 0. The normalized spacial score (nSPS) is 31.0. The van der Waals surface area contributed by atoms with Gasteiger partial charge in [-0.1, -0.05) is 135 Å². The largest absolute Gasteiger partial charge is 0.393 e. The van der Waals surface area contributed by atoms with E-state index in [1.54, 1.807) is 0 Å². The van der Waals surface area contributed by atoms with Gasteiger partial charge < -0.3 is 9.84 Å². The predicted octanol–water partition coefficient (Wildman–Crippen LogP) is 10.8. The molecule has 2 nitrogen and oxygen atoms in total. The van der Waals surface area contributed by atoms with Gasteiger partial charge in [-0.25, -0.2) is 0 Å². The molecule has 2 fully saturated rings. The van der Waals surface area contributed by atoms with E-state index in [4.69, 9.17) is 4.74 Å². The van der Waals surface area contributed by atoms with Crippen LogP contribution in [0.2, 0.25) is 0 Å². The summed E-state index contributed by atoms with van der Waals surface area (Å²) in [5.41, 5.74) is 7.59. The molecule has 2 aliphatic carbocycles. The Labute approximate surface area is 257 Å². The molecule has 228 valence electrons. The molecule has 1 aliphatic heterocycles. The van der Waals surface area contributed by atoms with Crippen molar-refractivity contribution >= 4 is 0 Å². The molecule has 0 radical (unpaired) electrons. The lowest BCUT2D eigenvalue weighted by molar-refractivity contribution is 0.116. The van der Waals surface area contributed by atoms with Crippen LogP contribution in [0.4, 0.5) is 0 Å². The second-order valence-electron chi connectivity index (χ2n) is 14.4. The number of allylic oxidation sites excluding steroid dienone is 18. The lowest BCUT2D eigenvalue weighted by Gasteiger charge is -2.36. The molecule has 0 spiro atoms. The molecule has 42 heavy (non-hydrogen) atoms. The van der Waals surface area contributed by atoms with Crippen LogP contribution in [0.1, 0.15) is 101 Å². The SMILES string of the molecule is CC1=C(/C=C/C(C)=C/C=C/C(C)=C/C=C/C=C(C)/C=C/C=C(C)/C=C/C23OC2(C)CCCC3(C)C)C(C)(C)CC(O)C1. The van der Waals surface area contributed by atoms with Crippen LogP contribution in [0.3, 0.4) is 0 Å². The Morgan fingerprint density at radius 2 is 1.26 bits per heavy atom. The van der Waals surface area contributed by atoms with Crippen molar-refractivity contribution in [1.29, 1.82) is 0 Å². The average Bonchev–Trinajstić information content (AvgIpc) is 3.51. The number of rotatable bonds is 10. The van der Waals surface area contributed by atoms with E-state index >= 15 is 0 Å². The fraction of sp³-hybridized carbons (Fsp3) is 0.500. The fourth-order valence-electron chi connectivity index (χ4n) is 6.89. The van der Waals surface area contributed by atoms with Gasteiger partial charge in [-0.3, -0.25) is 0 Å². The maximum atomic E-state index is 10.1. The fourth-order valence-corrected chi connectivity index (χ4v) is 6.89. The van der Waals surface area contributed by atoms with Crippen LogP contribution in [0.15, 0.2) is 119 Å². The van der Waals surface area contributed by atoms with E-state index in [-0.39, 0.29) is 28.1 Å². The van der Waals surface area contributed by atoms with Crippen molar-refractivity contribution in [3.05, 3.63) is 119 Å². The number of hydrogen-bond acceptors (Lipinski definition) is 2. The van der Waals surface area contributed by atoms with Crippen LogP contribution in [0.5, 0.6) is 0 Å². The Bertz CT molecular complexity index is 1300. The summed E-state index contributed by atoms with van der Waals surface area (Å²) in [6.07, 6.45) is 35.2. The van der Waals surface area contributed by atoms with Gasteiger partial charge in [0, 0.05) is 5.41 Å². The average molecular weight is 569 g/mol. The number of hydrogen-bond donors (Lipinski definition) is 1. The van der Waals surface area contributed by atoms with Gasteiger partial charge in [-0.05, 0) is 90.7 Å². The summed E-state index contributed by atoms with van der Waals surface area (Å²) in [6.45, 7) is 22.1. The summed E-state index contributed by atoms with van der Waals surface area (Å²) >= 11 is 0. The highest BCUT2D eigenvalue weighted by Crippen LogP contribution is 2.66. The van der Waals surface area contributed by atoms with Crippen LogP contribution in [0, 0.1) is 10.8 Å². The van der Waals surface area contributed by atoms with Crippen LogP contribution < -0.4 is 0 Å². The van der Waals surface area contributed by atoms with Crippen molar-refractivity contribution in [2.45, 2.75) is 119 Å². The third-order valence-corrected chi connectivity index (χ3v) is 9.43.